The number of nitro groups is 2. The van der Waals surface area contributed by atoms with Gasteiger partial charge in [-0.2, -0.15) is 0 Å². The van der Waals surface area contributed by atoms with Crippen molar-refractivity contribution < 1.29 is 19.4 Å². The first-order valence-corrected chi connectivity index (χ1v) is 13.2. The second-order valence-electron chi connectivity index (χ2n) is 9.61. The van der Waals surface area contributed by atoms with Crippen molar-refractivity contribution >= 4 is 56.9 Å². The lowest BCUT2D eigenvalue weighted by atomic mass is 10.2. The maximum absolute atomic E-state index is 11.5. The molecule has 43 heavy (non-hydrogen) atoms. The van der Waals surface area contributed by atoms with E-state index in [1.807, 2.05) is 57.0 Å². The molecular formula is C28H41ClN8O6. The molecule has 0 unspecified atom stereocenters. The molecule has 0 fully saturated rings. The summed E-state index contributed by atoms with van der Waals surface area (Å²) in [5.74, 6) is -0.405. The Bertz CT molecular complexity index is 1270. The van der Waals surface area contributed by atoms with Crippen LogP contribution >= 0.6 is 11.6 Å². The van der Waals surface area contributed by atoms with Gasteiger partial charge in [-0.15, -0.1) is 0 Å². The fraction of sp³-hybridized carbons (Fsp3) is 0.357. The summed E-state index contributed by atoms with van der Waals surface area (Å²) in [6.07, 6.45) is 2.17. The number of hydrogen-bond acceptors (Lipinski definition) is 11. The number of allylic oxidation sites excluding steroid dienone is 1. The van der Waals surface area contributed by atoms with Crippen molar-refractivity contribution in [2.75, 3.05) is 89.3 Å². The van der Waals surface area contributed by atoms with E-state index in [0.717, 1.165) is 49.7 Å². The number of non-ortho nitro benzene ring substituents is 2. The molecule has 2 aromatic carbocycles. The topological polar surface area (TPSA) is 171 Å². The minimum absolute atomic E-state index is 0.0206. The van der Waals surface area contributed by atoms with Gasteiger partial charge in [0.1, 0.15) is 0 Å². The highest BCUT2D eigenvalue weighted by molar-refractivity contribution is 6.66. The Morgan fingerprint density at radius 1 is 0.814 bits per heavy atom. The minimum atomic E-state index is -0.509. The molecule has 0 aliphatic heterocycles. The largest absolute Gasteiger partial charge is 0.397 e. The van der Waals surface area contributed by atoms with Gasteiger partial charge in [-0.05, 0) is 64.1 Å². The van der Waals surface area contributed by atoms with Crippen molar-refractivity contribution in [1.82, 2.24) is 9.80 Å². The molecule has 3 N–H and O–H groups in total. The summed E-state index contributed by atoms with van der Waals surface area (Å²) in [7, 11) is 11.7. The summed E-state index contributed by atoms with van der Waals surface area (Å²) in [5.41, 5.74) is 8.12. The number of carbonyl (C=O) groups is 2. The lowest BCUT2D eigenvalue weighted by Crippen LogP contribution is -2.29. The van der Waals surface area contributed by atoms with Gasteiger partial charge in [-0.25, -0.2) is 0 Å². The number of carbonyl (C=O) groups excluding carboxylic acids is 2. The lowest BCUT2D eigenvalue weighted by molar-refractivity contribution is -0.385. The Morgan fingerprint density at radius 2 is 1.23 bits per heavy atom. The molecule has 0 radical (unpaired) electrons. The number of nitro benzene ring substituents is 2. The van der Waals surface area contributed by atoms with Crippen LogP contribution in [0, 0.1) is 20.2 Å². The van der Waals surface area contributed by atoms with Gasteiger partial charge >= 0.3 is 0 Å². The third-order valence-electron chi connectivity index (χ3n) is 5.60. The third-order valence-corrected chi connectivity index (χ3v) is 5.76. The quantitative estimate of drug-likeness (QED) is 0.110. The second kappa shape index (κ2) is 19.6. The number of benzene rings is 2. The van der Waals surface area contributed by atoms with E-state index in [0.29, 0.717) is 11.4 Å². The summed E-state index contributed by atoms with van der Waals surface area (Å²) >= 11 is 4.71. The number of likely N-dealkylation sites (N-methyl/N-ethyl adjacent to an activating group) is 4. The molecule has 236 valence electrons. The molecule has 14 nitrogen and oxygen atoms in total. The number of nitrogens with zero attached hydrogens (tertiary/aromatic N) is 6. The number of halogens is 1. The Morgan fingerprint density at radius 3 is 1.60 bits per heavy atom. The van der Waals surface area contributed by atoms with Gasteiger partial charge in [0, 0.05) is 64.5 Å². The van der Waals surface area contributed by atoms with E-state index in [2.05, 4.69) is 23.4 Å². The molecule has 0 saturated carbocycles. The molecule has 15 heteroatoms. The van der Waals surface area contributed by atoms with Crippen LogP contribution < -0.4 is 20.9 Å². The van der Waals surface area contributed by atoms with Crippen LogP contribution in [0.15, 0.2) is 61.7 Å². The van der Waals surface area contributed by atoms with E-state index in [-0.39, 0.29) is 11.4 Å². The van der Waals surface area contributed by atoms with Crippen molar-refractivity contribution in [3.8, 4) is 0 Å². The normalized spacial score (nSPS) is 9.98. The van der Waals surface area contributed by atoms with Crippen LogP contribution in [0.3, 0.4) is 0 Å². The van der Waals surface area contributed by atoms with Gasteiger partial charge in [-0.1, -0.05) is 13.2 Å². The standard InChI is InChI=1S/C14H20N4O3.C11H18N4O2.C3H3ClO/c1-5-14(19)15-12-10-11(18(20)21)6-7-13(12)17(4)9-8-16(2)3;1-13(2)6-7-14(3)11-5-4-9(15(16)17)8-10(11)12;1-2-3(4)5/h5-7,10H,1,8-9H2,2-4H3,(H,15,19);4-5,8H,6-7,12H2,1-3H3;2H,1H2. The molecule has 0 aliphatic carbocycles. The van der Waals surface area contributed by atoms with Crippen LogP contribution in [0.5, 0.6) is 0 Å². The van der Waals surface area contributed by atoms with Gasteiger partial charge in [0.05, 0.1) is 32.6 Å². The van der Waals surface area contributed by atoms with E-state index >= 15 is 0 Å². The van der Waals surface area contributed by atoms with Gasteiger partial charge in [-0.3, -0.25) is 29.8 Å². The molecule has 0 bridgehead atoms. The molecular weight excluding hydrogens is 580 g/mol. The average Bonchev–Trinajstić information content (AvgIpc) is 2.94. The van der Waals surface area contributed by atoms with Gasteiger partial charge in [0.25, 0.3) is 11.4 Å². The SMILES string of the molecule is C=CC(=O)Cl.C=CC(=O)Nc1cc([N+](=O)[O-])ccc1N(C)CCN(C)C.CN(C)CCN(C)c1ccc([N+](=O)[O-])cc1N. The van der Waals surface area contributed by atoms with Gasteiger partial charge in [0.2, 0.25) is 11.1 Å². The highest BCUT2D eigenvalue weighted by Gasteiger charge is 2.15. The molecule has 0 aromatic heterocycles. The molecule has 0 aliphatic rings. The maximum atomic E-state index is 11.5. The van der Waals surface area contributed by atoms with Crippen molar-refractivity contribution in [2.45, 2.75) is 0 Å². The van der Waals surface area contributed by atoms with E-state index in [1.54, 1.807) is 12.1 Å². The zero-order valence-corrected chi connectivity index (χ0v) is 26.2. The van der Waals surface area contributed by atoms with Crippen molar-refractivity contribution in [1.29, 1.82) is 0 Å². The summed E-state index contributed by atoms with van der Waals surface area (Å²) < 4.78 is 0. The predicted molar refractivity (Wildman–Crippen MR) is 174 cm³/mol. The fourth-order valence-corrected chi connectivity index (χ4v) is 3.20. The number of anilines is 4. The Kier molecular flexibility index (Phi) is 17.5. The van der Waals surface area contributed by atoms with E-state index in [9.17, 15) is 29.8 Å². The van der Waals surface area contributed by atoms with Crippen LogP contribution in [0.4, 0.5) is 34.1 Å². The molecule has 0 saturated heterocycles. The smallest absolute Gasteiger partial charge is 0.271 e. The van der Waals surface area contributed by atoms with Crippen LogP contribution in [0.1, 0.15) is 0 Å². The lowest BCUT2D eigenvalue weighted by Gasteiger charge is -2.24. The maximum Gasteiger partial charge on any atom is 0.271 e. The van der Waals surface area contributed by atoms with Crippen LogP contribution in [-0.4, -0.2) is 99.3 Å². The van der Waals surface area contributed by atoms with Crippen LogP contribution in [0.2, 0.25) is 0 Å². The highest BCUT2D eigenvalue weighted by atomic mass is 35.5. The molecule has 2 rings (SSSR count). The number of amides is 1. The molecule has 1 amide bonds. The van der Waals surface area contributed by atoms with Gasteiger partial charge < -0.3 is 30.7 Å². The Balaban J connectivity index is 0.000000720. The van der Waals surface area contributed by atoms with E-state index in [4.69, 9.17) is 17.3 Å². The first kappa shape index (κ1) is 38.5. The molecule has 0 spiro atoms. The van der Waals surface area contributed by atoms with Gasteiger partial charge in [0.15, 0.2) is 0 Å². The fourth-order valence-electron chi connectivity index (χ4n) is 3.20. The predicted octanol–water partition coefficient (Wildman–Crippen LogP) is 3.83. The second-order valence-corrected chi connectivity index (χ2v) is 9.98. The van der Waals surface area contributed by atoms with Crippen molar-refractivity contribution in [3.63, 3.8) is 0 Å². The van der Waals surface area contributed by atoms with E-state index in [1.165, 1.54) is 24.3 Å². The molecule has 0 heterocycles. The van der Waals surface area contributed by atoms with Crippen molar-refractivity contribution in [2.24, 2.45) is 0 Å². The molecule has 0 atom stereocenters. The third kappa shape index (κ3) is 15.3. The monoisotopic (exact) mass is 620 g/mol. The van der Waals surface area contributed by atoms with Crippen LogP contribution in [0.25, 0.3) is 0 Å². The Labute approximate surface area is 257 Å². The summed E-state index contributed by atoms with van der Waals surface area (Å²) in [4.78, 5) is 49.5. The highest BCUT2D eigenvalue weighted by Crippen LogP contribution is 2.30. The first-order valence-electron chi connectivity index (χ1n) is 12.8. The number of nitrogens with one attached hydrogen (secondary N) is 1. The zero-order chi connectivity index (χ0) is 33.3. The minimum Gasteiger partial charge on any atom is -0.397 e. The number of nitrogens with two attached hydrogens (primary N) is 1. The zero-order valence-electron chi connectivity index (χ0n) is 25.4. The Hall–Kier alpha value is -4.53. The summed E-state index contributed by atoms with van der Waals surface area (Å²) in [5, 5.41) is 23.5. The van der Waals surface area contributed by atoms with E-state index < -0.39 is 21.0 Å². The first-order chi connectivity index (χ1) is 20.0. The number of rotatable bonds is 13. The molecule has 2 aromatic rings. The number of hydrogen-bond donors (Lipinski definition) is 2. The average molecular weight is 621 g/mol. The van der Waals surface area contributed by atoms with Crippen LogP contribution in [-0.2, 0) is 9.59 Å². The number of nitrogen functional groups attached to an aromatic ring is 1. The van der Waals surface area contributed by atoms with Crippen molar-refractivity contribution in [3.05, 3.63) is 81.9 Å². The summed E-state index contributed by atoms with van der Waals surface area (Å²) in [6.45, 7) is 9.72. The summed E-state index contributed by atoms with van der Waals surface area (Å²) in [6, 6.07) is 8.95.